The Morgan fingerprint density at radius 3 is 3.14 bits per heavy atom. The smallest absolute Gasteiger partial charge is 0.205 e. The van der Waals surface area contributed by atoms with Crippen molar-refractivity contribution >= 4 is 5.78 Å². The normalized spacial score (nSPS) is 22.2. The minimum Gasteiger partial charge on any atom is -0.381 e. The van der Waals surface area contributed by atoms with Crippen LogP contribution in [0.5, 0.6) is 0 Å². The standard InChI is InChI=1S/C9H13N3O2/c1-12-9(10-6-11-12)8(13)7-3-2-4-14-5-7/h6-7H,2-5H2,1H3. The summed E-state index contributed by atoms with van der Waals surface area (Å²) in [7, 11) is 1.73. The van der Waals surface area contributed by atoms with Gasteiger partial charge in [-0.3, -0.25) is 4.79 Å². The number of carbonyl (C=O) groups excluding carboxylic acids is 1. The number of hydrogen-bond donors (Lipinski definition) is 0. The molecule has 1 fully saturated rings. The molecule has 0 spiro atoms. The summed E-state index contributed by atoms with van der Waals surface area (Å²) in [5, 5.41) is 3.88. The Bertz CT molecular complexity index is 329. The number of Topliss-reactive ketones (excluding diaryl/α,β-unsaturated/α-hetero) is 1. The Hall–Kier alpha value is -1.23. The minimum atomic E-state index is -0.0355. The molecular weight excluding hydrogens is 182 g/mol. The van der Waals surface area contributed by atoms with E-state index in [1.165, 1.54) is 11.0 Å². The van der Waals surface area contributed by atoms with Crippen LogP contribution in [0.4, 0.5) is 0 Å². The van der Waals surface area contributed by atoms with Crippen molar-refractivity contribution in [2.45, 2.75) is 12.8 Å². The van der Waals surface area contributed by atoms with Crippen LogP contribution in [0.3, 0.4) is 0 Å². The highest BCUT2D eigenvalue weighted by atomic mass is 16.5. The summed E-state index contributed by atoms with van der Waals surface area (Å²) in [5.74, 6) is 0.442. The quantitative estimate of drug-likeness (QED) is 0.642. The highest BCUT2D eigenvalue weighted by Gasteiger charge is 2.25. The number of nitrogens with zero attached hydrogens (tertiary/aromatic N) is 3. The second-order valence-electron chi connectivity index (χ2n) is 3.49. The van der Waals surface area contributed by atoms with E-state index in [2.05, 4.69) is 10.1 Å². The Morgan fingerprint density at radius 1 is 1.71 bits per heavy atom. The zero-order valence-corrected chi connectivity index (χ0v) is 8.14. The lowest BCUT2D eigenvalue weighted by molar-refractivity contribution is 0.0451. The first kappa shape index (κ1) is 9.33. The van der Waals surface area contributed by atoms with Crippen LogP contribution in [0.25, 0.3) is 0 Å². The number of ether oxygens (including phenoxy) is 1. The molecule has 0 amide bonds. The molecule has 1 aliphatic rings. The Kier molecular flexibility index (Phi) is 2.58. The van der Waals surface area contributed by atoms with Gasteiger partial charge in [-0.15, -0.1) is 0 Å². The van der Waals surface area contributed by atoms with Gasteiger partial charge < -0.3 is 4.74 Å². The van der Waals surface area contributed by atoms with Gasteiger partial charge >= 0.3 is 0 Å². The van der Waals surface area contributed by atoms with Gasteiger partial charge in [-0.05, 0) is 12.8 Å². The summed E-state index contributed by atoms with van der Waals surface area (Å²) in [6.07, 6.45) is 3.25. The van der Waals surface area contributed by atoms with Crippen LogP contribution in [0.15, 0.2) is 6.33 Å². The van der Waals surface area contributed by atoms with Crippen LogP contribution in [0.1, 0.15) is 23.5 Å². The van der Waals surface area contributed by atoms with E-state index in [9.17, 15) is 4.79 Å². The molecule has 2 heterocycles. The van der Waals surface area contributed by atoms with Gasteiger partial charge in [-0.2, -0.15) is 5.10 Å². The molecule has 0 aromatic carbocycles. The summed E-state index contributed by atoms with van der Waals surface area (Å²) in [4.78, 5) is 15.8. The van der Waals surface area contributed by atoms with Crippen molar-refractivity contribution in [3.8, 4) is 0 Å². The van der Waals surface area contributed by atoms with Gasteiger partial charge in [0.1, 0.15) is 6.33 Å². The van der Waals surface area contributed by atoms with Gasteiger partial charge in [0.05, 0.1) is 6.61 Å². The van der Waals surface area contributed by atoms with Crippen LogP contribution in [0, 0.1) is 5.92 Å². The van der Waals surface area contributed by atoms with Crippen molar-refractivity contribution in [2.75, 3.05) is 13.2 Å². The molecule has 5 heteroatoms. The summed E-state index contributed by atoms with van der Waals surface area (Å²) >= 11 is 0. The Balaban J connectivity index is 2.11. The maximum absolute atomic E-state index is 11.9. The molecule has 0 N–H and O–H groups in total. The zero-order valence-electron chi connectivity index (χ0n) is 8.14. The number of carbonyl (C=O) groups is 1. The van der Waals surface area contributed by atoms with Crippen LogP contribution >= 0.6 is 0 Å². The van der Waals surface area contributed by atoms with Crippen molar-refractivity contribution < 1.29 is 9.53 Å². The minimum absolute atomic E-state index is 0.0355. The molecule has 0 bridgehead atoms. The van der Waals surface area contributed by atoms with Crippen LogP contribution < -0.4 is 0 Å². The van der Waals surface area contributed by atoms with E-state index in [0.29, 0.717) is 12.4 Å². The Labute approximate surface area is 82.1 Å². The maximum Gasteiger partial charge on any atom is 0.205 e. The van der Waals surface area contributed by atoms with Crippen molar-refractivity contribution in [3.63, 3.8) is 0 Å². The van der Waals surface area contributed by atoms with Crippen LogP contribution in [-0.4, -0.2) is 33.8 Å². The average Bonchev–Trinajstić information content (AvgIpc) is 2.65. The first-order chi connectivity index (χ1) is 6.79. The lowest BCUT2D eigenvalue weighted by atomic mass is 9.97. The monoisotopic (exact) mass is 195 g/mol. The molecule has 1 saturated heterocycles. The molecule has 5 nitrogen and oxygen atoms in total. The zero-order chi connectivity index (χ0) is 9.97. The number of hydrogen-bond acceptors (Lipinski definition) is 4. The molecule has 0 saturated carbocycles. The lowest BCUT2D eigenvalue weighted by Crippen LogP contribution is -2.27. The molecule has 0 radical (unpaired) electrons. The first-order valence-electron chi connectivity index (χ1n) is 4.75. The highest BCUT2D eigenvalue weighted by molar-refractivity contribution is 5.94. The fourth-order valence-electron chi connectivity index (χ4n) is 1.65. The first-order valence-corrected chi connectivity index (χ1v) is 4.75. The van der Waals surface area contributed by atoms with Gasteiger partial charge in [0, 0.05) is 19.6 Å². The predicted octanol–water partition coefficient (Wildman–Crippen LogP) is 0.424. The number of ketones is 1. The van der Waals surface area contributed by atoms with E-state index in [-0.39, 0.29) is 11.7 Å². The molecule has 1 unspecified atom stereocenters. The van der Waals surface area contributed by atoms with Crippen molar-refractivity contribution in [1.29, 1.82) is 0 Å². The highest BCUT2D eigenvalue weighted by Crippen LogP contribution is 2.17. The molecule has 14 heavy (non-hydrogen) atoms. The van der Waals surface area contributed by atoms with Crippen molar-refractivity contribution in [1.82, 2.24) is 14.8 Å². The number of aromatic nitrogens is 3. The lowest BCUT2D eigenvalue weighted by Gasteiger charge is -2.19. The third kappa shape index (κ3) is 1.68. The van der Waals surface area contributed by atoms with E-state index in [4.69, 9.17) is 4.74 Å². The van der Waals surface area contributed by atoms with Gasteiger partial charge in [-0.1, -0.05) is 0 Å². The summed E-state index contributed by atoms with van der Waals surface area (Å²) in [6, 6.07) is 0. The summed E-state index contributed by atoms with van der Waals surface area (Å²) < 4.78 is 6.77. The largest absolute Gasteiger partial charge is 0.381 e. The SMILES string of the molecule is Cn1ncnc1C(=O)C1CCCOC1. The van der Waals surface area contributed by atoms with Gasteiger partial charge in [0.25, 0.3) is 0 Å². The molecule has 1 aromatic rings. The fraction of sp³-hybridized carbons (Fsp3) is 0.667. The molecule has 2 rings (SSSR count). The third-order valence-corrected chi connectivity index (χ3v) is 2.46. The topological polar surface area (TPSA) is 57.0 Å². The fourth-order valence-corrected chi connectivity index (χ4v) is 1.65. The second kappa shape index (κ2) is 3.88. The van der Waals surface area contributed by atoms with E-state index >= 15 is 0 Å². The number of rotatable bonds is 2. The van der Waals surface area contributed by atoms with Gasteiger partial charge in [-0.25, -0.2) is 9.67 Å². The van der Waals surface area contributed by atoms with E-state index in [0.717, 1.165) is 19.4 Å². The second-order valence-corrected chi connectivity index (χ2v) is 3.49. The predicted molar refractivity (Wildman–Crippen MR) is 48.9 cm³/mol. The van der Waals surface area contributed by atoms with E-state index < -0.39 is 0 Å². The van der Waals surface area contributed by atoms with Gasteiger partial charge in [0.2, 0.25) is 5.78 Å². The third-order valence-electron chi connectivity index (χ3n) is 2.46. The summed E-state index contributed by atoms with van der Waals surface area (Å²) in [6.45, 7) is 1.29. The average molecular weight is 195 g/mol. The molecule has 1 aromatic heterocycles. The molecule has 1 atom stereocenters. The molecule has 76 valence electrons. The molecule has 1 aliphatic heterocycles. The van der Waals surface area contributed by atoms with Crippen LogP contribution in [-0.2, 0) is 11.8 Å². The molecule has 0 aliphatic carbocycles. The van der Waals surface area contributed by atoms with E-state index in [1.807, 2.05) is 0 Å². The summed E-state index contributed by atoms with van der Waals surface area (Å²) in [5.41, 5.74) is 0. The molecular formula is C9H13N3O2. The van der Waals surface area contributed by atoms with Crippen molar-refractivity contribution in [3.05, 3.63) is 12.2 Å². The number of aryl methyl sites for hydroxylation is 1. The van der Waals surface area contributed by atoms with E-state index in [1.54, 1.807) is 7.05 Å². The van der Waals surface area contributed by atoms with Crippen LogP contribution in [0.2, 0.25) is 0 Å². The maximum atomic E-state index is 11.9. The van der Waals surface area contributed by atoms with Crippen molar-refractivity contribution in [2.24, 2.45) is 13.0 Å². The van der Waals surface area contributed by atoms with Gasteiger partial charge in [0.15, 0.2) is 5.82 Å². The Morgan fingerprint density at radius 2 is 2.57 bits per heavy atom.